The van der Waals surface area contributed by atoms with Gasteiger partial charge in [-0.05, 0) is 65.5 Å². The molecule has 1 aromatic carbocycles. The maximum atomic E-state index is 11.2. The van der Waals surface area contributed by atoms with E-state index in [1.165, 1.54) is 44.8 Å². The summed E-state index contributed by atoms with van der Waals surface area (Å²) in [5.41, 5.74) is 7.61. The molecule has 3 N–H and O–H groups in total. The molecule has 1 fully saturated rings. The molecule has 0 aromatic heterocycles. The Morgan fingerprint density at radius 2 is 1.69 bits per heavy atom. The third-order valence-corrected chi connectivity index (χ3v) is 4.64. The molecule has 2 rings (SSSR count). The molecule has 1 saturated carbocycles. The zero-order valence-electron chi connectivity index (χ0n) is 17.9. The number of hydrogen-bond acceptors (Lipinski definition) is 4. The molecule has 0 aliphatic heterocycles. The van der Waals surface area contributed by atoms with Crippen molar-refractivity contribution in [3.8, 4) is 0 Å². The Morgan fingerprint density at radius 1 is 1.19 bits per heavy atom. The van der Waals surface area contributed by atoms with E-state index in [-0.39, 0.29) is 0 Å². The van der Waals surface area contributed by atoms with E-state index in [1.807, 2.05) is 34.0 Å². The first-order valence-corrected chi connectivity index (χ1v) is 10.6. The Bertz CT molecular complexity index is 475. The lowest BCUT2D eigenvalue weighted by Crippen LogP contribution is -2.37. The summed E-state index contributed by atoms with van der Waals surface area (Å²) in [7, 11) is 5.25. The van der Waals surface area contributed by atoms with E-state index < -0.39 is 0 Å². The minimum absolute atomic E-state index is 0.631. The Morgan fingerprint density at radius 3 is 2.12 bits per heavy atom. The van der Waals surface area contributed by atoms with Crippen molar-refractivity contribution in [3.05, 3.63) is 27.7 Å². The molecule has 1 aromatic rings. The summed E-state index contributed by atoms with van der Waals surface area (Å²) in [6.07, 6.45) is 7.53. The highest BCUT2D eigenvalue weighted by Gasteiger charge is 2.22. The first-order chi connectivity index (χ1) is 12.6. The molecule has 1 aliphatic carbocycles. The lowest BCUT2D eigenvalue weighted by molar-refractivity contribution is 0.112. The first-order valence-electron chi connectivity index (χ1n) is 9.77. The zero-order valence-corrected chi connectivity index (χ0v) is 19.4. The van der Waals surface area contributed by atoms with Crippen molar-refractivity contribution in [2.24, 2.45) is 5.73 Å². The highest BCUT2D eigenvalue weighted by molar-refractivity contribution is 9.10. The van der Waals surface area contributed by atoms with Crippen molar-refractivity contribution in [2.75, 3.05) is 32.6 Å². The van der Waals surface area contributed by atoms with E-state index in [2.05, 4.69) is 51.8 Å². The lowest BCUT2D eigenvalue weighted by Gasteiger charge is -2.36. The highest BCUT2D eigenvalue weighted by atomic mass is 79.9. The lowest BCUT2D eigenvalue weighted by atomic mass is 9.93. The Kier molecular flexibility index (Phi) is 18.4. The monoisotopic (exact) mass is 429 g/mol. The second-order valence-corrected chi connectivity index (χ2v) is 6.75. The minimum atomic E-state index is 0.631. The van der Waals surface area contributed by atoms with Crippen LogP contribution in [0.3, 0.4) is 0 Å². The van der Waals surface area contributed by atoms with Gasteiger partial charge in [-0.15, -0.1) is 0 Å². The standard InChI is InChI=1S/C16H22BrNO.C2H7N.C2H6.CH5N/c1-3-18(15-7-5-4-6-8-15)16-10-14(17)9-13(11-19)12(16)2;1-3-2;2*1-2/h9-11,15H,3-8H2,1-2H3;3H,1-2H3;1-2H3;2H2,1H3. The van der Waals surface area contributed by atoms with E-state index in [4.69, 9.17) is 0 Å². The molecule has 4 nitrogen and oxygen atoms in total. The van der Waals surface area contributed by atoms with Crippen LogP contribution in [0.15, 0.2) is 16.6 Å². The number of halogens is 1. The van der Waals surface area contributed by atoms with Crippen LogP contribution in [0.1, 0.15) is 68.8 Å². The van der Waals surface area contributed by atoms with E-state index >= 15 is 0 Å². The number of aldehydes is 1. The van der Waals surface area contributed by atoms with Gasteiger partial charge in [-0.3, -0.25) is 4.79 Å². The molecule has 26 heavy (non-hydrogen) atoms. The average molecular weight is 430 g/mol. The van der Waals surface area contributed by atoms with Gasteiger partial charge in [-0.25, -0.2) is 0 Å². The molecular formula is C21H40BrN3O. The van der Waals surface area contributed by atoms with E-state index in [0.717, 1.165) is 28.4 Å². The summed E-state index contributed by atoms with van der Waals surface area (Å²) >= 11 is 3.52. The normalized spacial score (nSPS) is 13.1. The maximum Gasteiger partial charge on any atom is 0.150 e. The summed E-state index contributed by atoms with van der Waals surface area (Å²) in [6, 6.07) is 4.69. The SMILES string of the molecule is CC.CCN(c1cc(Br)cc(C=O)c1C)C1CCCCC1.CN.CNC. The molecule has 1 aliphatic rings. The largest absolute Gasteiger partial charge is 0.369 e. The number of nitrogens with two attached hydrogens (primary N) is 1. The average Bonchev–Trinajstić information content (AvgIpc) is 2.69. The van der Waals surface area contributed by atoms with Crippen molar-refractivity contribution in [1.82, 2.24) is 5.32 Å². The number of benzene rings is 1. The van der Waals surface area contributed by atoms with Gasteiger partial charge in [0.2, 0.25) is 0 Å². The van der Waals surface area contributed by atoms with Crippen molar-refractivity contribution in [3.63, 3.8) is 0 Å². The van der Waals surface area contributed by atoms with Crippen LogP contribution in [-0.2, 0) is 0 Å². The minimum Gasteiger partial charge on any atom is -0.369 e. The number of carbonyl (C=O) groups excluding carboxylic acids is 1. The van der Waals surface area contributed by atoms with Gasteiger partial charge < -0.3 is 16.0 Å². The molecule has 0 bridgehead atoms. The highest BCUT2D eigenvalue weighted by Crippen LogP contribution is 2.32. The van der Waals surface area contributed by atoms with E-state index in [1.54, 1.807) is 0 Å². The molecular weight excluding hydrogens is 390 g/mol. The number of nitrogens with one attached hydrogen (secondary N) is 1. The summed E-state index contributed by atoms with van der Waals surface area (Å²) in [6.45, 7) is 9.26. The van der Waals surface area contributed by atoms with Crippen LogP contribution in [-0.4, -0.2) is 40.0 Å². The predicted molar refractivity (Wildman–Crippen MR) is 121 cm³/mol. The molecule has 0 saturated heterocycles. The second-order valence-electron chi connectivity index (χ2n) is 5.83. The number of rotatable bonds is 4. The summed E-state index contributed by atoms with van der Waals surface area (Å²) in [4.78, 5) is 13.7. The van der Waals surface area contributed by atoms with E-state index in [9.17, 15) is 4.79 Å². The van der Waals surface area contributed by atoms with Crippen LogP contribution >= 0.6 is 15.9 Å². The molecule has 0 heterocycles. The molecule has 0 unspecified atom stereocenters. The molecule has 0 amide bonds. The van der Waals surface area contributed by atoms with Crippen molar-refractivity contribution in [2.45, 2.75) is 65.8 Å². The van der Waals surface area contributed by atoms with Crippen LogP contribution in [0.2, 0.25) is 0 Å². The Labute approximate surface area is 170 Å². The molecule has 0 radical (unpaired) electrons. The fourth-order valence-electron chi connectivity index (χ4n) is 3.12. The molecule has 0 spiro atoms. The number of carbonyl (C=O) groups is 1. The fraction of sp³-hybridized carbons (Fsp3) is 0.667. The van der Waals surface area contributed by atoms with Gasteiger partial charge in [-0.2, -0.15) is 0 Å². The van der Waals surface area contributed by atoms with Gasteiger partial charge in [0.05, 0.1) is 0 Å². The fourth-order valence-corrected chi connectivity index (χ4v) is 3.59. The number of anilines is 1. The molecule has 152 valence electrons. The van der Waals surface area contributed by atoms with Gasteiger partial charge >= 0.3 is 0 Å². The smallest absolute Gasteiger partial charge is 0.150 e. The summed E-state index contributed by atoms with van der Waals surface area (Å²) in [5, 5.41) is 2.75. The van der Waals surface area contributed by atoms with Crippen LogP contribution in [0.4, 0.5) is 5.69 Å². The van der Waals surface area contributed by atoms with Gasteiger partial charge in [0.25, 0.3) is 0 Å². The van der Waals surface area contributed by atoms with Crippen LogP contribution < -0.4 is 16.0 Å². The Hall–Kier alpha value is -0.910. The zero-order chi connectivity index (χ0) is 20.5. The van der Waals surface area contributed by atoms with Crippen LogP contribution in [0, 0.1) is 6.92 Å². The molecule has 5 heteroatoms. The summed E-state index contributed by atoms with van der Waals surface area (Å²) < 4.78 is 0.990. The third-order valence-electron chi connectivity index (χ3n) is 4.18. The van der Waals surface area contributed by atoms with Crippen molar-refractivity contribution < 1.29 is 4.79 Å². The maximum absolute atomic E-state index is 11.2. The van der Waals surface area contributed by atoms with Gasteiger partial charge in [0.1, 0.15) is 6.29 Å². The number of hydrogen-bond donors (Lipinski definition) is 2. The molecule has 0 atom stereocenters. The van der Waals surface area contributed by atoms with Crippen LogP contribution in [0.25, 0.3) is 0 Å². The van der Waals surface area contributed by atoms with Gasteiger partial charge in [-0.1, -0.05) is 49.0 Å². The van der Waals surface area contributed by atoms with Crippen molar-refractivity contribution in [1.29, 1.82) is 0 Å². The quantitative estimate of drug-likeness (QED) is 0.648. The third kappa shape index (κ3) is 9.15. The number of nitrogens with zero attached hydrogens (tertiary/aromatic N) is 1. The van der Waals surface area contributed by atoms with Crippen LogP contribution in [0.5, 0.6) is 0 Å². The summed E-state index contributed by atoms with van der Waals surface area (Å²) in [5.74, 6) is 0. The predicted octanol–water partition coefficient (Wildman–Crippen LogP) is 5.17. The van der Waals surface area contributed by atoms with Gasteiger partial charge in [0, 0.05) is 28.3 Å². The van der Waals surface area contributed by atoms with Gasteiger partial charge in [0.15, 0.2) is 0 Å². The first kappa shape index (κ1) is 27.3. The second kappa shape index (κ2) is 17.5. The Balaban J connectivity index is 0. The van der Waals surface area contributed by atoms with Crippen molar-refractivity contribution >= 4 is 27.9 Å². The van der Waals surface area contributed by atoms with E-state index in [0.29, 0.717) is 6.04 Å². The topological polar surface area (TPSA) is 58.4 Å².